The second-order valence-corrected chi connectivity index (χ2v) is 8.11. The van der Waals surface area contributed by atoms with Gasteiger partial charge in [0.2, 0.25) is 0 Å². The lowest BCUT2D eigenvalue weighted by Gasteiger charge is -2.15. The summed E-state index contributed by atoms with van der Waals surface area (Å²) in [6.07, 6.45) is -3.17. The van der Waals surface area contributed by atoms with E-state index in [1.807, 2.05) is 12.1 Å². The van der Waals surface area contributed by atoms with Crippen LogP contribution in [-0.2, 0) is 9.53 Å². The molecule has 4 aromatic rings. The van der Waals surface area contributed by atoms with E-state index in [0.29, 0.717) is 22.7 Å². The minimum Gasteiger partial charge on any atom is -0.479 e. The van der Waals surface area contributed by atoms with Gasteiger partial charge in [0.25, 0.3) is 0 Å². The molecule has 3 N–H and O–H groups in total. The quantitative estimate of drug-likeness (QED) is 0.295. The number of nitrogens with zero attached hydrogens (tertiary/aromatic N) is 1. The first kappa shape index (κ1) is 24.6. The summed E-state index contributed by atoms with van der Waals surface area (Å²) in [4.78, 5) is 23.5. The molecule has 0 aliphatic heterocycles. The van der Waals surface area contributed by atoms with Gasteiger partial charge in [-0.25, -0.2) is 14.0 Å². The van der Waals surface area contributed by atoms with Gasteiger partial charge in [0.1, 0.15) is 23.3 Å². The van der Waals surface area contributed by atoms with Gasteiger partial charge in [-0.3, -0.25) is 5.32 Å². The second kappa shape index (κ2) is 10.4. The molecule has 3 aromatic carbocycles. The van der Waals surface area contributed by atoms with Crippen molar-refractivity contribution in [2.45, 2.75) is 26.1 Å². The SMILES string of the molecule is Cc1noc(-c2ccc(-c3ccc(C(O)C(=O)O)cc3)cc2)c1NC(=O)OC(C)c1ccccc1F. The number of carbonyl (C=O) groups is 2. The Morgan fingerprint density at radius 2 is 1.56 bits per heavy atom. The van der Waals surface area contributed by atoms with Crippen LogP contribution in [0.3, 0.4) is 0 Å². The maximum Gasteiger partial charge on any atom is 0.412 e. The van der Waals surface area contributed by atoms with E-state index in [-0.39, 0.29) is 11.1 Å². The number of hydrogen-bond donors (Lipinski definition) is 3. The van der Waals surface area contributed by atoms with Gasteiger partial charge in [0.15, 0.2) is 11.9 Å². The van der Waals surface area contributed by atoms with E-state index in [1.165, 1.54) is 6.07 Å². The van der Waals surface area contributed by atoms with E-state index in [9.17, 15) is 19.1 Å². The number of anilines is 1. The van der Waals surface area contributed by atoms with Crippen molar-refractivity contribution in [3.63, 3.8) is 0 Å². The van der Waals surface area contributed by atoms with Crippen molar-refractivity contribution in [2.75, 3.05) is 5.32 Å². The summed E-state index contributed by atoms with van der Waals surface area (Å²) >= 11 is 0. The van der Waals surface area contributed by atoms with Crippen molar-refractivity contribution < 1.29 is 33.5 Å². The van der Waals surface area contributed by atoms with E-state index in [4.69, 9.17) is 14.4 Å². The number of halogens is 1. The predicted molar refractivity (Wildman–Crippen MR) is 130 cm³/mol. The van der Waals surface area contributed by atoms with Crippen molar-refractivity contribution in [1.82, 2.24) is 5.16 Å². The fraction of sp³-hybridized carbons (Fsp3) is 0.148. The number of ether oxygens (including phenoxy) is 1. The standard InChI is InChI=1S/C27H23FN2O6/c1-15-23(29-27(34)35-16(2)21-5-3-4-6-22(21)28)25(36-30-15)20-13-9-18(10-14-20)17-7-11-19(12-8-17)24(31)26(32)33/h3-14,16,24,31H,1-2H3,(H,29,34)(H,32,33). The Hall–Kier alpha value is -4.50. The Kier molecular flexibility index (Phi) is 7.12. The summed E-state index contributed by atoms with van der Waals surface area (Å²) in [6.45, 7) is 3.25. The Morgan fingerprint density at radius 1 is 0.972 bits per heavy atom. The molecule has 0 aliphatic rings. The van der Waals surface area contributed by atoms with Gasteiger partial charge < -0.3 is 19.5 Å². The summed E-state index contributed by atoms with van der Waals surface area (Å²) in [7, 11) is 0. The van der Waals surface area contributed by atoms with Crippen molar-refractivity contribution in [1.29, 1.82) is 0 Å². The Balaban J connectivity index is 1.49. The zero-order valence-electron chi connectivity index (χ0n) is 19.4. The summed E-state index contributed by atoms with van der Waals surface area (Å²) < 4.78 is 24.8. The molecule has 36 heavy (non-hydrogen) atoms. The number of nitrogens with one attached hydrogen (secondary N) is 1. The van der Waals surface area contributed by atoms with Crippen LogP contribution in [0.5, 0.6) is 0 Å². The number of aliphatic hydroxyl groups is 1. The van der Waals surface area contributed by atoms with Crippen molar-refractivity contribution in [3.8, 4) is 22.5 Å². The average molecular weight is 490 g/mol. The largest absolute Gasteiger partial charge is 0.479 e. The molecule has 1 aromatic heterocycles. The number of amides is 1. The maximum atomic E-state index is 14.0. The molecule has 184 valence electrons. The number of benzene rings is 3. The van der Waals surface area contributed by atoms with Gasteiger partial charge in [-0.15, -0.1) is 0 Å². The number of aliphatic carboxylic acids is 1. The molecule has 0 spiro atoms. The molecular weight excluding hydrogens is 467 g/mol. The first-order valence-corrected chi connectivity index (χ1v) is 11.0. The van der Waals surface area contributed by atoms with Crippen LogP contribution in [-0.4, -0.2) is 27.4 Å². The van der Waals surface area contributed by atoms with E-state index in [1.54, 1.807) is 68.4 Å². The molecule has 2 unspecified atom stereocenters. The molecule has 9 heteroatoms. The molecule has 0 fully saturated rings. The van der Waals surface area contributed by atoms with Crippen LogP contribution < -0.4 is 5.32 Å². The molecule has 0 saturated heterocycles. The third kappa shape index (κ3) is 5.26. The number of aliphatic hydroxyl groups excluding tert-OH is 1. The molecule has 0 aliphatic carbocycles. The summed E-state index contributed by atoms with van der Waals surface area (Å²) in [6, 6.07) is 19.8. The third-order valence-electron chi connectivity index (χ3n) is 5.66. The van der Waals surface area contributed by atoms with Crippen LogP contribution in [0, 0.1) is 12.7 Å². The van der Waals surface area contributed by atoms with Crippen molar-refractivity contribution in [3.05, 3.63) is 95.4 Å². The predicted octanol–water partition coefficient (Wildman–Crippen LogP) is 5.88. The number of aromatic nitrogens is 1. The van der Waals surface area contributed by atoms with E-state index < -0.39 is 30.1 Å². The highest BCUT2D eigenvalue weighted by Gasteiger charge is 2.21. The normalized spacial score (nSPS) is 12.6. The zero-order valence-corrected chi connectivity index (χ0v) is 19.4. The smallest absolute Gasteiger partial charge is 0.412 e. The highest BCUT2D eigenvalue weighted by molar-refractivity contribution is 5.91. The molecular formula is C27H23FN2O6. The summed E-state index contributed by atoms with van der Waals surface area (Å²) in [5.41, 5.74) is 3.63. The average Bonchev–Trinajstić information content (AvgIpc) is 3.23. The third-order valence-corrected chi connectivity index (χ3v) is 5.66. The highest BCUT2D eigenvalue weighted by atomic mass is 19.1. The van der Waals surface area contributed by atoms with Gasteiger partial charge in [-0.1, -0.05) is 71.9 Å². The van der Waals surface area contributed by atoms with Crippen LogP contribution >= 0.6 is 0 Å². The van der Waals surface area contributed by atoms with Crippen molar-refractivity contribution >= 4 is 17.7 Å². The maximum absolute atomic E-state index is 14.0. The lowest BCUT2D eigenvalue weighted by molar-refractivity contribution is -0.146. The van der Waals surface area contributed by atoms with Crippen LogP contribution in [0.25, 0.3) is 22.5 Å². The topological polar surface area (TPSA) is 122 Å². The van der Waals surface area contributed by atoms with Crippen molar-refractivity contribution in [2.24, 2.45) is 0 Å². The van der Waals surface area contributed by atoms with Gasteiger partial charge in [-0.2, -0.15) is 0 Å². The Bertz CT molecular complexity index is 1380. The number of carboxylic acid groups (broad SMARTS) is 1. The Labute approximate surface area is 205 Å². The number of hydrogen-bond acceptors (Lipinski definition) is 6. The fourth-order valence-electron chi connectivity index (χ4n) is 3.69. The molecule has 1 heterocycles. The number of aryl methyl sites for hydroxylation is 1. The summed E-state index contributed by atoms with van der Waals surface area (Å²) in [5, 5.41) is 25.2. The first-order valence-electron chi connectivity index (χ1n) is 11.0. The molecule has 0 bridgehead atoms. The second-order valence-electron chi connectivity index (χ2n) is 8.11. The van der Waals surface area contributed by atoms with E-state index >= 15 is 0 Å². The lowest BCUT2D eigenvalue weighted by Crippen LogP contribution is -2.17. The highest BCUT2D eigenvalue weighted by Crippen LogP contribution is 2.33. The number of carboxylic acids is 1. The van der Waals surface area contributed by atoms with Gasteiger partial charge in [0, 0.05) is 11.1 Å². The Morgan fingerprint density at radius 3 is 2.17 bits per heavy atom. The molecule has 1 amide bonds. The monoisotopic (exact) mass is 490 g/mol. The van der Waals surface area contributed by atoms with Gasteiger partial charge in [-0.05, 0) is 36.6 Å². The fourth-order valence-corrected chi connectivity index (χ4v) is 3.69. The van der Waals surface area contributed by atoms with Gasteiger partial charge in [0.05, 0.1) is 0 Å². The van der Waals surface area contributed by atoms with Crippen LogP contribution in [0.4, 0.5) is 14.9 Å². The molecule has 0 radical (unpaired) electrons. The number of rotatable bonds is 7. The lowest BCUT2D eigenvalue weighted by atomic mass is 10.00. The van der Waals surface area contributed by atoms with Crippen LogP contribution in [0.15, 0.2) is 77.3 Å². The van der Waals surface area contributed by atoms with E-state index in [2.05, 4.69) is 10.5 Å². The minimum atomic E-state index is -1.58. The van der Waals surface area contributed by atoms with Gasteiger partial charge >= 0.3 is 12.1 Å². The molecule has 2 atom stereocenters. The molecule has 8 nitrogen and oxygen atoms in total. The molecule has 0 saturated carbocycles. The first-order chi connectivity index (χ1) is 17.2. The van der Waals surface area contributed by atoms with Crippen LogP contribution in [0.2, 0.25) is 0 Å². The number of carbonyl (C=O) groups excluding carboxylic acids is 1. The van der Waals surface area contributed by atoms with E-state index in [0.717, 1.165) is 11.1 Å². The molecule has 4 rings (SSSR count). The summed E-state index contributed by atoms with van der Waals surface area (Å²) in [5.74, 6) is -1.45. The minimum absolute atomic E-state index is 0.260. The van der Waals surface area contributed by atoms with Crippen LogP contribution in [0.1, 0.15) is 36.0 Å². The zero-order chi connectivity index (χ0) is 25.8.